The second kappa shape index (κ2) is 7.60. The van der Waals surface area contributed by atoms with Gasteiger partial charge in [0.05, 0.1) is 14.7 Å². The molecule has 0 spiro atoms. The van der Waals surface area contributed by atoms with Crippen molar-refractivity contribution in [3.8, 4) is 0 Å². The van der Waals surface area contributed by atoms with E-state index in [1.165, 1.54) is 11.3 Å². The maximum absolute atomic E-state index is 12.5. The Labute approximate surface area is 160 Å². The number of carbonyl (C=O) groups excluding carboxylic acids is 1. The van der Waals surface area contributed by atoms with Crippen molar-refractivity contribution >= 4 is 61.5 Å². The quantitative estimate of drug-likeness (QED) is 0.604. The van der Waals surface area contributed by atoms with Crippen LogP contribution in [0.25, 0.3) is 10.2 Å². The summed E-state index contributed by atoms with van der Waals surface area (Å²) in [5.41, 5.74) is 2.28. The van der Waals surface area contributed by atoms with Crippen LogP contribution in [0.4, 0.5) is 10.8 Å². The van der Waals surface area contributed by atoms with Gasteiger partial charge in [-0.3, -0.25) is 10.1 Å². The van der Waals surface area contributed by atoms with Gasteiger partial charge in [-0.2, -0.15) is 0 Å². The highest BCUT2D eigenvalue weighted by atomic mass is 35.5. The second-order valence-corrected chi connectivity index (χ2v) is 7.21. The zero-order valence-electron chi connectivity index (χ0n) is 13.8. The van der Waals surface area contributed by atoms with Crippen LogP contribution in [0, 0.1) is 0 Å². The molecule has 3 rings (SSSR count). The predicted octanol–water partition coefficient (Wildman–Crippen LogP) is 5.70. The van der Waals surface area contributed by atoms with Gasteiger partial charge in [0, 0.05) is 24.3 Å². The van der Waals surface area contributed by atoms with Crippen molar-refractivity contribution < 1.29 is 4.79 Å². The fourth-order valence-corrected chi connectivity index (χ4v) is 4.00. The summed E-state index contributed by atoms with van der Waals surface area (Å²) in [6.07, 6.45) is 0. The van der Waals surface area contributed by atoms with Crippen LogP contribution in [0.2, 0.25) is 10.0 Å². The fraction of sp³-hybridized carbons (Fsp3) is 0.222. The summed E-state index contributed by atoms with van der Waals surface area (Å²) >= 11 is 13.6. The SMILES string of the molecule is CCN(CC)c1ccc(C(=O)Nc2nc3c(Cl)ccc(Cl)c3s2)cc1. The number of thiazole rings is 1. The van der Waals surface area contributed by atoms with Gasteiger partial charge in [0.1, 0.15) is 5.52 Å². The summed E-state index contributed by atoms with van der Waals surface area (Å²) in [7, 11) is 0. The lowest BCUT2D eigenvalue weighted by atomic mass is 10.2. The average Bonchev–Trinajstić information content (AvgIpc) is 3.05. The molecule has 1 heterocycles. The van der Waals surface area contributed by atoms with Gasteiger partial charge >= 0.3 is 0 Å². The predicted molar refractivity (Wildman–Crippen MR) is 108 cm³/mol. The summed E-state index contributed by atoms with van der Waals surface area (Å²) in [6, 6.07) is 11.0. The first kappa shape index (κ1) is 18.0. The number of halogens is 2. The molecule has 0 radical (unpaired) electrons. The van der Waals surface area contributed by atoms with Crippen molar-refractivity contribution in [3.05, 3.63) is 52.0 Å². The minimum atomic E-state index is -0.211. The fourth-order valence-electron chi connectivity index (χ4n) is 2.58. The first-order chi connectivity index (χ1) is 12.0. The Morgan fingerprint density at radius 3 is 2.32 bits per heavy atom. The van der Waals surface area contributed by atoms with E-state index >= 15 is 0 Å². The van der Waals surface area contributed by atoms with Gasteiger partial charge in [0.15, 0.2) is 5.13 Å². The lowest BCUT2D eigenvalue weighted by Crippen LogP contribution is -2.21. The molecule has 0 aliphatic carbocycles. The Bertz CT molecular complexity index is 866. The molecular weight excluding hydrogens is 377 g/mol. The first-order valence-corrected chi connectivity index (χ1v) is 9.51. The van der Waals surface area contributed by atoms with Gasteiger partial charge in [-0.25, -0.2) is 4.98 Å². The molecule has 7 heteroatoms. The van der Waals surface area contributed by atoms with Gasteiger partial charge < -0.3 is 4.90 Å². The van der Waals surface area contributed by atoms with Crippen LogP contribution in [-0.2, 0) is 0 Å². The van der Waals surface area contributed by atoms with Crippen molar-refractivity contribution in [2.45, 2.75) is 13.8 Å². The maximum atomic E-state index is 12.5. The van der Waals surface area contributed by atoms with Crippen LogP contribution in [0.15, 0.2) is 36.4 Å². The summed E-state index contributed by atoms with van der Waals surface area (Å²) in [5.74, 6) is -0.211. The van der Waals surface area contributed by atoms with Crippen LogP contribution < -0.4 is 10.2 Å². The monoisotopic (exact) mass is 393 g/mol. The minimum absolute atomic E-state index is 0.211. The molecule has 1 amide bonds. The average molecular weight is 394 g/mol. The van der Waals surface area contributed by atoms with E-state index in [1.54, 1.807) is 12.1 Å². The Kier molecular flexibility index (Phi) is 5.47. The first-order valence-electron chi connectivity index (χ1n) is 7.94. The van der Waals surface area contributed by atoms with Gasteiger partial charge in [-0.05, 0) is 50.2 Å². The number of nitrogens with zero attached hydrogens (tertiary/aromatic N) is 2. The second-order valence-electron chi connectivity index (χ2n) is 5.40. The van der Waals surface area contributed by atoms with Gasteiger partial charge in [-0.1, -0.05) is 34.5 Å². The highest BCUT2D eigenvalue weighted by Crippen LogP contribution is 2.36. The number of hydrogen-bond acceptors (Lipinski definition) is 4. The summed E-state index contributed by atoms with van der Waals surface area (Å²) < 4.78 is 0.765. The molecule has 1 aromatic heterocycles. The van der Waals surface area contributed by atoms with E-state index in [1.807, 2.05) is 24.3 Å². The molecule has 4 nitrogen and oxygen atoms in total. The summed E-state index contributed by atoms with van der Waals surface area (Å²) in [4.78, 5) is 19.1. The third kappa shape index (κ3) is 3.73. The van der Waals surface area contributed by atoms with Gasteiger partial charge in [0.2, 0.25) is 0 Å². The zero-order chi connectivity index (χ0) is 18.0. The molecule has 1 N–H and O–H groups in total. The van der Waals surface area contributed by atoms with E-state index in [-0.39, 0.29) is 5.91 Å². The van der Waals surface area contributed by atoms with Crippen molar-refractivity contribution in [1.82, 2.24) is 4.98 Å². The summed E-state index contributed by atoms with van der Waals surface area (Å²) in [6.45, 7) is 6.06. The van der Waals surface area contributed by atoms with Crippen LogP contribution in [0.1, 0.15) is 24.2 Å². The number of aromatic nitrogens is 1. The Hall–Kier alpha value is -1.82. The van der Waals surface area contributed by atoms with Crippen molar-refractivity contribution in [1.29, 1.82) is 0 Å². The lowest BCUT2D eigenvalue weighted by Gasteiger charge is -2.20. The van der Waals surface area contributed by atoms with Gasteiger partial charge in [0.25, 0.3) is 5.91 Å². The Balaban J connectivity index is 1.80. The van der Waals surface area contributed by atoms with Gasteiger partial charge in [-0.15, -0.1) is 0 Å². The van der Waals surface area contributed by atoms with Crippen molar-refractivity contribution in [2.24, 2.45) is 0 Å². The Morgan fingerprint density at radius 1 is 1.08 bits per heavy atom. The molecule has 0 fully saturated rings. The number of fused-ring (bicyclic) bond motifs is 1. The zero-order valence-corrected chi connectivity index (χ0v) is 16.2. The molecule has 130 valence electrons. The molecule has 0 atom stereocenters. The van der Waals surface area contributed by atoms with E-state index < -0.39 is 0 Å². The van der Waals surface area contributed by atoms with Crippen LogP contribution in [-0.4, -0.2) is 24.0 Å². The van der Waals surface area contributed by atoms with Crippen molar-refractivity contribution in [3.63, 3.8) is 0 Å². The number of nitrogens with one attached hydrogen (secondary N) is 1. The normalized spacial score (nSPS) is 10.9. The molecular formula is C18H17Cl2N3OS. The maximum Gasteiger partial charge on any atom is 0.257 e. The van der Waals surface area contributed by atoms with E-state index in [0.717, 1.165) is 23.5 Å². The topological polar surface area (TPSA) is 45.2 Å². The van der Waals surface area contributed by atoms with Crippen LogP contribution in [0.5, 0.6) is 0 Å². The highest BCUT2D eigenvalue weighted by Gasteiger charge is 2.14. The molecule has 25 heavy (non-hydrogen) atoms. The molecule has 0 aliphatic rings. The van der Waals surface area contributed by atoms with Crippen molar-refractivity contribution in [2.75, 3.05) is 23.3 Å². The number of amides is 1. The minimum Gasteiger partial charge on any atom is -0.372 e. The largest absolute Gasteiger partial charge is 0.372 e. The molecule has 0 bridgehead atoms. The molecule has 0 saturated carbocycles. The number of carbonyl (C=O) groups is 1. The molecule has 0 unspecified atom stereocenters. The smallest absolute Gasteiger partial charge is 0.257 e. The van der Waals surface area contributed by atoms with E-state index in [9.17, 15) is 4.79 Å². The molecule has 3 aromatic rings. The van der Waals surface area contributed by atoms with E-state index in [4.69, 9.17) is 23.2 Å². The summed E-state index contributed by atoms with van der Waals surface area (Å²) in [5, 5.41) is 4.38. The van der Waals surface area contributed by atoms with Crippen LogP contribution in [0.3, 0.4) is 0 Å². The molecule has 2 aromatic carbocycles. The van der Waals surface area contributed by atoms with E-state index in [2.05, 4.69) is 29.0 Å². The number of benzene rings is 2. The lowest BCUT2D eigenvalue weighted by molar-refractivity contribution is 0.102. The third-order valence-corrected chi connectivity index (χ3v) is 5.66. The number of hydrogen-bond donors (Lipinski definition) is 1. The van der Waals surface area contributed by atoms with E-state index in [0.29, 0.717) is 26.3 Å². The Morgan fingerprint density at radius 2 is 1.72 bits per heavy atom. The third-order valence-electron chi connectivity index (χ3n) is 3.92. The number of rotatable bonds is 5. The molecule has 0 saturated heterocycles. The van der Waals surface area contributed by atoms with Crippen LogP contribution >= 0.6 is 34.5 Å². The molecule has 0 aliphatic heterocycles. The number of anilines is 2. The highest BCUT2D eigenvalue weighted by molar-refractivity contribution is 7.23. The standard InChI is InChI=1S/C18H17Cl2N3OS/c1-3-23(4-2)12-7-5-11(6-8-12)17(24)22-18-21-15-13(19)9-10-14(20)16(15)25-18/h5-10H,3-4H2,1-2H3,(H,21,22,24).